The smallest absolute Gasteiger partial charge is 0.346 e. The van der Waals surface area contributed by atoms with Gasteiger partial charge in [0.1, 0.15) is 10.6 Å². The van der Waals surface area contributed by atoms with Crippen LogP contribution in [-0.4, -0.2) is 29.1 Å². The van der Waals surface area contributed by atoms with Crippen LogP contribution < -0.4 is 10.1 Å². The highest BCUT2D eigenvalue weighted by Crippen LogP contribution is 2.22. The van der Waals surface area contributed by atoms with Crippen molar-refractivity contribution in [2.45, 2.75) is 45.8 Å². The number of thiophene rings is 1. The average molecular weight is 285 g/mol. The van der Waals surface area contributed by atoms with Crippen molar-refractivity contribution in [3.05, 3.63) is 16.3 Å². The van der Waals surface area contributed by atoms with Gasteiger partial charge in [-0.25, -0.2) is 4.79 Å². The van der Waals surface area contributed by atoms with E-state index in [0.717, 1.165) is 24.2 Å². The molecule has 5 nitrogen and oxygen atoms in total. The number of hydrogen-bond acceptors (Lipinski definition) is 4. The summed E-state index contributed by atoms with van der Waals surface area (Å²) in [5.41, 5.74) is 0. The maximum absolute atomic E-state index is 11.9. The molecular formula is C13H19NO4S. The van der Waals surface area contributed by atoms with Crippen LogP contribution in [0.25, 0.3) is 0 Å². The van der Waals surface area contributed by atoms with Crippen molar-refractivity contribution in [1.82, 2.24) is 5.32 Å². The first-order valence-corrected chi connectivity index (χ1v) is 7.14. The van der Waals surface area contributed by atoms with Gasteiger partial charge in [-0.3, -0.25) is 4.79 Å². The van der Waals surface area contributed by atoms with Gasteiger partial charge in [-0.1, -0.05) is 13.8 Å². The van der Waals surface area contributed by atoms with E-state index in [-0.39, 0.29) is 16.8 Å². The van der Waals surface area contributed by atoms with Crippen LogP contribution in [-0.2, 0) is 4.79 Å². The fraction of sp³-hybridized carbons (Fsp3) is 0.538. The molecule has 1 atom stereocenters. The van der Waals surface area contributed by atoms with Crippen molar-refractivity contribution in [3.8, 4) is 5.75 Å². The summed E-state index contributed by atoms with van der Waals surface area (Å²) >= 11 is 1.08. The summed E-state index contributed by atoms with van der Waals surface area (Å²) < 4.78 is 5.43. The molecule has 1 rings (SSSR count). The summed E-state index contributed by atoms with van der Waals surface area (Å²) in [5, 5.41) is 13.3. The fourth-order valence-corrected chi connectivity index (χ4v) is 2.21. The quantitative estimate of drug-likeness (QED) is 0.807. The Bertz CT molecular complexity index is 440. The molecule has 0 saturated heterocycles. The number of nitrogens with one attached hydrogen (secondary N) is 1. The molecule has 6 heteroatoms. The van der Waals surface area contributed by atoms with Crippen LogP contribution in [0.3, 0.4) is 0 Å². The van der Waals surface area contributed by atoms with Crippen molar-refractivity contribution in [2.24, 2.45) is 0 Å². The molecule has 106 valence electrons. The molecule has 1 unspecified atom stereocenters. The molecule has 2 N–H and O–H groups in total. The number of amides is 1. The molecule has 0 aliphatic carbocycles. The lowest BCUT2D eigenvalue weighted by molar-refractivity contribution is -0.128. The molecule has 1 amide bonds. The minimum atomic E-state index is -0.992. The highest BCUT2D eigenvalue weighted by Gasteiger charge is 2.18. The predicted molar refractivity (Wildman–Crippen MR) is 73.9 cm³/mol. The van der Waals surface area contributed by atoms with Gasteiger partial charge in [-0.2, -0.15) is 0 Å². The Morgan fingerprint density at radius 1 is 1.42 bits per heavy atom. The van der Waals surface area contributed by atoms with Crippen LogP contribution in [0.1, 0.15) is 43.3 Å². The number of hydrogen-bond donors (Lipinski definition) is 2. The van der Waals surface area contributed by atoms with Crippen LogP contribution >= 0.6 is 11.3 Å². The first kappa shape index (κ1) is 15.5. The third kappa shape index (κ3) is 4.55. The van der Waals surface area contributed by atoms with Gasteiger partial charge in [0, 0.05) is 17.5 Å². The van der Waals surface area contributed by atoms with Crippen molar-refractivity contribution in [2.75, 3.05) is 0 Å². The largest absolute Gasteiger partial charge is 0.480 e. The predicted octanol–water partition coefficient (Wildman–Crippen LogP) is 2.52. The number of carboxylic acids is 1. The Hall–Kier alpha value is -1.56. The number of carbonyl (C=O) groups excluding carboxylic acids is 1. The molecule has 0 radical (unpaired) electrons. The molecule has 0 aromatic carbocycles. The molecule has 0 bridgehead atoms. The number of carbonyl (C=O) groups is 2. The van der Waals surface area contributed by atoms with Gasteiger partial charge < -0.3 is 15.2 Å². The van der Waals surface area contributed by atoms with Crippen molar-refractivity contribution >= 4 is 23.2 Å². The molecular weight excluding hydrogens is 266 g/mol. The minimum Gasteiger partial charge on any atom is -0.480 e. The normalized spacial score (nSPS) is 12.2. The topological polar surface area (TPSA) is 75.6 Å². The molecule has 19 heavy (non-hydrogen) atoms. The molecule has 1 heterocycles. The van der Waals surface area contributed by atoms with E-state index in [1.54, 1.807) is 12.3 Å². The van der Waals surface area contributed by atoms with Crippen LogP contribution in [0, 0.1) is 0 Å². The zero-order valence-corrected chi connectivity index (χ0v) is 12.1. The second-order valence-corrected chi connectivity index (χ2v) is 5.15. The Labute approximate surface area is 116 Å². The van der Waals surface area contributed by atoms with Crippen LogP contribution in [0.15, 0.2) is 11.4 Å². The Balaban J connectivity index is 2.55. The van der Waals surface area contributed by atoms with Crippen molar-refractivity contribution in [3.63, 3.8) is 0 Å². The lowest BCUT2D eigenvalue weighted by atomic mass is 10.1. The van der Waals surface area contributed by atoms with Gasteiger partial charge in [0.15, 0.2) is 6.10 Å². The van der Waals surface area contributed by atoms with E-state index in [4.69, 9.17) is 9.84 Å². The van der Waals surface area contributed by atoms with Gasteiger partial charge in [-0.15, -0.1) is 11.3 Å². The van der Waals surface area contributed by atoms with Gasteiger partial charge in [0.2, 0.25) is 0 Å². The van der Waals surface area contributed by atoms with E-state index >= 15 is 0 Å². The monoisotopic (exact) mass is 285 g/mol. The van der Waals surface area contributed by atoms with E-state index < -0.39 is 12.1 Å². The summed E-state index contributed by atoms with van der Waals surface area (Å²) in [6.45, 7) is 5.67. The van der Waals surface area contributed by atoms with E-state index in [1.807, 2.05) is 13.8 Å². The van der Waals surface area contributed by atoms with E-state index in [9.17, 15) is 9.59 Å². The molecule has 0 saturated carbocycles. The minimum absolute atomic E-state index is 0.149. The third-order valence-electron chi connectivity index (χ3n) is 2.80. The van der Waals surface area contributed by atoms with E-state index in [0.29, 0.717) is 5.75 Å². The number of carboxylic acid groups (broad SMARTS) is 1. The first-order valence-electron chi connectivity index (χ1n) is 6.26. The maximum Gasteiger partial charge on any atom is 0.346 e. The van der Waals surface area contributed by atoms with Crippen LogP contribution in [0.5, 0.6) is 5.75 Å². The highest BCUT2D eigenvalue weighted by atomic mass is 32.1. The second-order valence-electron chi connectivity index (χ2n) is 4.23. The number of ether oxygens (including phenoxy) is 1. The summed E-state index contributed by atoms with van der Waals surface area (Å²) in [5.74, 6) is -0.764. The van der Waals surface area contributed by atoms with E-state index in [1.165, 1.54) is 6.07 Å². The van der Waals surface area contributed by atoms with Crippen molar-refractivity contribution < 1.29 is 19.4 Å². The zero-order chi connectivity index (χ0) is 14.4. The van der Waals surface area contributed by atoms with Crippen molar-refractivity contribution in [1.29, 1.82) is 0 Å². The Morgan fingerprint density at radius 2 is 2.05 bits per heavy atom. The molecule has 1 aromatic rings. The van der Waals surface area contributed by atoms with E-state index in [2.05, 4.69) is 5.32 Å². The lowest BCUT2D eigenvalue weighted by Crippen LogP contribution is -2.41. The van der Waals surface area contributed by atoms with Crippen LogP contribution in [0.2, 0.25) is 0 Å². The Morgan fingerprint density at radius 3 is 2.53 bits per heavy atom. The molecule has 1 aromatic heterocycles. The Kier molecular flexibility index (Phi) is 5.82. The number of rotatable bonds is 7. The third-order valence-corrected chi connectivity index (χ3v) is 3.70. The van der Waals surface area contributed by atoms with Gasteiger partial charge in [-0.05, 0) is 19.8 Å². The fourth-order valence-electron chi connectivity index (χ4n) is 1.56. The van der Waals surface area contributed by atoms with Gasteiger partial charge in [0.05, 0.1) is 0 Å². The molecule has 0 aliphatic heterocycles. The standard InChI is InChI=1S/C13H19NO4S/c1-4-9(5-2)14-12(15)8(3)18-10-6-11(13(16)17)19-7-10/h6-9H,4-5H2,1-3H3,(H,14,15)(H,16,17). The first-order chi connectivity index (χ1) is 8.97. The highest BCUT2D eigenvalue weighted by molar-refractivity contribution is 7.12. The van der Waals surface area contributed by atoms with Crippen LogP contribution in [0.4, 0.5) is 0 Å². The molecule has 0 aliphatic rings. The van der Waals surface area contributed by atoms with Gasteiger partial charge in [0.25, 0.3) is 5.91 Å². The summed E-state index contributed by atoms with van der Waals surface area (Å²) in [7, 11) is 0. The second kappa shape index (κ2) is 7.13. The summed E-state index contributed by atoms with van der Waals surface area (Å²) in [6, 6.07) is 1.57. The maximum atomic E-state index is 11.9. The zero-order valence-electron chi connectivity index (χ0n) is 11.3. The summed E-state index contributed by atoms with van der Waals surface area (Å²) in [6.07, 6.45) is 1.10. The molecule has 0 spiro atoms. The lowest BCUT2D eigenvalue weighted by Gasteiger charge is -2.18. The van der Waals surface area contributed by atoms with Gasteiger partial charge >= 0.3 is 5.97 Å². The average Bonchev–Trinajstić information content (AvgIpc) is 2.84. The molecule has 0 fully saturated rings. The SMILES string of the molecule is CCC(CC)NC(=O)C(C)Oc1csc(C(=O)O)c1. The summed E-state index contributed by atoms with van der Waals surface area (Å²) in [4.78, 5) is 22.8. The number of aromatic carboxylic acids is 1.